The van der Waals surface area contributed by atoms with Crippen LogP contribution in [0.5, 0.6) is 0 Å². The smallest absolute Gasteiger partial charge is 0.262 e. The van der Waals surface area contributed by atoms with Gasteiger partial charge < -0.3 is 10.2 Å². The minimum atomic E-state index is -0.216. The summed E-state index contributed by atoms with van der Waals surface area (Å²) >= 11 is 1.63. The number of rotatable bonds is 4. The molecule has 2 aromatic heterocycles. The van der Waals surface area contributed by atoms with E-state index in [1.807, 2.05) is 24.3 Å². The third-order valence-electron chi connectivity index (χ3n) is 5.88. The van der Waals surface area contributed by atoms with Gasteiger partial charge in [0, 0.05) is 29.3 Å². The Balaban J connectivity index is 1.32. The van der Waals surface area contributed by atoms with Gasteiger partial charge in [-0.15, -0.1) is 11.3 Å². The van der Waals surface area contributed by atoms with Crippen molar-refractivity contribution in [2.24, 2.45) is 0 Å². The molecule has 1 saturated heterocycles. The highest BCUT2D eigenvalue weighted by Crippen LogP contribution is 2.33. The summed E-state index contributed by atoms with van der Waals surface area (Å²) in [6, 6.07) is 7.92. The maximum atomic E-state index is 13.0. The van der Waals surface area contributed by atoms with E-state index in [1.54, 1.807) is 11.3 Å². The number of aryl methyl sites for hydroxylation is 2. The largest absolute Gasteiger partial charge is 0.372 e. The zero-order valence-corrected chi connectivity index (χ0v) is 17.1. The molecule has 0 bridgehead atoms. The molecule has 150 valence electrons. The highest BCUT2D eigenvalue weighted by Gasteiger charge is 2.20. The van der Waals surface area contributed by atoms with Crippen molar-refractivity contribution in [2.45, 2.75) is 45.1 Å². The molecule has 0 unspecified atom stereocenters. The maximum absolute atomic E-state index is 13.0. The second kappa shape index (κ2) is 7.63. The number of fused-ring (bicyclic) bond motifs is 3. The summed E-state index contributed by atoms with van der Waals surface area (Å²) in [5.74, 6) is -0.216. The molecule has 0 saturated carbocycles. The molecule has 0 radical (unpaired) electrons. The molecule has 1 N–H and O–H groups in total. The summed E-state index contributed by atoms with van der Waals surface area (Å²) < 4.78 is 1.43. The molecule has 1 aromatic carbocycles. The average Bonchev–Trinajstić information content (AvgIpc) is 3.39. The van der Waals surface area contributed by atoms with Crippen molar-refractivity contribution in [1.29, 1.82) is 0 Å². The van der Waals surface area contributed by atoms with Crippen LogP contribution in [0, 0.1) is 0 Å². The Kier molecular flexibility index (Phi) is 4.83. The number of thiophene rings is 1. The fraction of sp³-hybridized carbons (Fsp3) is 0.409. The van der Waals surface area contributed by atoms with Gasteiger partial charge in [0.1, 0.15) is 11.4 Å². The minimum Gasteiger partial charge on any atom is -0.372 e. The summed E-state index contributed by atoms with van der Waals surface area (Å²) in [6.07, 6.45) is 8.23. The number of benzene rings is 1. The fourth-order valence-corrected chi connectivity index (χ4v) is 5.60. The van der Waals surface area contributed by atoms with Gasteiger partial charge >= 0.3 is 0 Å². The van der Waals surface area contributed by atoms with Gasteiger partial charge in [0.05, 0.1) is 11.7 Å². The molecule has 7 heteroatoms. The predicted molar refractivity (Wildman–Crippen MR) is 117 cm³/mol. The zero-order chi connectivity index (χ0) is 19.8. The van der Waals surface area contributed by atoms with E-state index in [0.717, 1.165) is 53.8 Å². The molecule has 0 atom stereocenters. The minimum absolute atomic E-state index is 0.0275. The van der Waals surface area contributed by atoms with Crippen molar-refractivity contribution < 1.29 is 4.79 Å². The van der Waals surface area contributed by atoms with Gasteiger partial charge in [-0.25, -0.2) is 4.98 Å². The van der Waals surface area contributed by atoms with Crippen LogP contribution in [0.1, 0.15) is 36.1 Å². The van der Waals surface area contributed by atoms with Gasteiger partial charge in [-0.05, 0) is 68.4 Å². The first-order chi connectivity index (χ1) is 14.2. The highest BCUT2D eigenvalue weighted by molar-refractivity contribution is 7.18. The van der Waals surface area contributed by atoms with Crippen LogP contribution in [0.3, 0.4) is 0 Å². The van der Waals surface area contributed by atoms with E-state index in [2.05, 4.69) is 15.2 Å². The van der Waals surface area contributed by atoms with Crippen LogP contribution in [0.25, 0.3) is 10.2 Å². The van der Waals surface area contributed by atoms with Crippen LogP contribution in [0.4, 0.5) is 11.4 Å². The summed E-state index contributed by atoms with van der Waals surface area (Å²) in [7, 11) is 0. The molecule has 2 aliphatic rings. The van der Waals surface area contributed by atoms with Crippen molar-refractivity contribution in [3.05, 3.63) is 51.4 Å². The van der Waals surface area contributed by atoms with Crippen molar-refractivity contribution in [3.63, 3.8) is 0 Å². The number of carbonyl (C=O) groups is 1. The first-order valence-electron chi connectivity index (χ1n) is 10.3. The van der Waals surface area contributed by atoms with Crippen LogP contribution in [-0.2, 0) is 24.2 Å². The van der Waals surface area contributed by atoms with Crippen LogP contribution in [-0.4, -0.2) is 28.5 Å². The molecule has 1 fully saturated rings. The van der Waals surface area contributed by atoms with Crippen molar-refractivity contribution in [3.8, 4) is 0 Å². The molecule has 1 amide bonds. The number of amides is 1. The number of carbonyl (C=O) groups excluding carboxylic acids is 1. The Bertz CT molecular complexity index is 1110. The molecule has 6 nitrogen and oxygen atoms in total. The predicted octanol–water partition coefficient (Wildman–Crippen LogP) is 3.58. The zero-order valence-electron chi connectivity index (χ0n) is 16.3. The van der Waals surface area contributed by atoms with E-state index in [0.29, 0.717) is 0 Å². The number of hydrogen-bond donors (Lipinski definition) is 1. The van der Waals surface area contributed by atoms with Gasteiger partial charge in [0.2, 0.25) is 5.91 Å². The van der Waals surface area contributed by atoms with E-state index >= 15 is 0 Å². The van der Waals surface area contributed by atoms with E-state index < -0.39 is 0 Å². The van der Waals surface area contributed by atoms with Crippen molar-refractivity contribution in [2.75, 3.05) is 23.3 Å². The van der Waals surface area contributed by atoms with Crippen LogP contribution in [0.15, 0.2) is 35.4 Å². The average molecular weight is 409 g/mol. The Morgan fingerprint density at radius 1 is 1.07 bits per heavy atom. The number of aromatic nitrogens is 2. The summed E-state index contributed by atoms with van der Waals surface area (Å²) in [5, 5.41) is 3.61. The number of anilines is 2. The standard InChI is InChI=1S/C22H24N4O2S/c27-19(24-15-7-9-16(10-8-15)25-11-3-4-12-25)13-26-14-23-21-20(22(26)28)17-5-1-2-6-18(17)29-21/h7-10,14H,1-6,11-13H2,(H,24,27). The quantitative estimate of drug-likeness (QED) is 0.717. The molecule has 29 heavy (non-hydrogen) atoms. The van der Waals surface area contributed by atoms with Gasteiger partial charge in [-0.3, -0.25) is 14.2 Å². The Hall–Kier alpha value is -2.67. The van der Waals surface area contributed by atoms with Crippen LogP contribution < -0.4 is 15.8 Å². The first kappa shape index (κ1) is 18.4. The first-order valence-corrected chi connectivity index (χ1v) is 11.2. The summed E-state index contributed by atoms with van der Waals surface area (Å²) in [5.41, 5.74) is 2.98. The molecular formula is C22H24N4O2S. The SMILES string of the molecule is O=C(Cn1cnc2sc3c(c2c1=O)CCCC3)Nc1ccc(N2CCCC2)cc1. The van der Waals surface area contributed by atoms with Gasteiger partial charge in [-0.1, -0.05) is 0 Å². The Morgan fingerprint density at radius 3 is 2.62 bits per heavy atom. The van der Waals surface area contributed by atoms with E-state index in [-0.39, 0.29) is 18.0 Å². The molecule has 1 aliphatic heterocycles. The maximum Gasteiger partial charge on any atom is 0.262 e. The lowest BCUT2D eigenvalue weighted by Crippen LogP contribution is -2.28. The number of nitrogens with zero attached hydrogens (tertiary/aromatic N) is 3. The van der Waals surface area contributed by atoms with Crippen LogP contribution >= 0.6 is 11.3 Å². The second-order valence-electron chi connectivity index (χ2n) is 7.86. The van der Waals surface area contributed by atoms with Crippen LogP contribution in [0.2, 0.25) is 0 Å². The number of hydrogen-bond acceptors (Lipinski definition) is 5. The normalized spacial score (nSPS) is 16.2. The van der Waals surface area contributed by atoms with Crippen molar-refractivity contribution >= 4 is 38.8 Å². The summed E-state index contributed by atoms with van der Waals surface area (Å²) in [6.45, 7) is 2.16. The Labute approximate surface area is 173 Å². The van der Waals surface area contributed by atoms with Crippen molar-refractivity contribution in [1.82, 2.24) is 9.55 Å². The molecule has 3 heterocycles. The lowest BCUT2D eigenvalue weighted by Gasteiger charge is -2.17. The molecule has 0 spiro atoms. The third kappa shape index (κ3) is 3.55. The number of nitrogens with one attached hydrogen (secondary N) is 1. The second-order valence-corrected chi connectivity index (χ2v) is 8.94. The topological polar surface area (TPSA) is 67.2 Å². The van der Waals surface area contributed by atoms with E-state index in [1.165, 1.54) is 40.7 Å². The highest BCUT2D eigenvalue weighted by atomic mass is 32.1. The molecular weight excluding hydrogens is 384 g/mol. The van der Waals surface area contributed by atoms with Gasteiger partial charge in [0.15, 0.2) is 0 Å². The monoisotopic (exact) mass is 408 g/mol. The lowest BCUT2D eigenvalue weighted by atomic mass is 9.97. The van der Waals surface area contributed by atoms with E-state index in [9.17, 15) is 9.59 Å². The van der Waals surface area contributed by atoms with Gasteiger partial charge in [0.25, 0.3) is 5.56 Å². The lowest BCUT2D eigenvalue weighted by molar-refractivity contribution is -0.116. The third-order valence-corrected chi connectivity index (χ3v) is 7.08. The molecule has 3 aromatic rings. The van der Waals surface area contributed by atoms with E-state index in [4.69, 9.17) is 0 Å². The molecule has 5 rings (SSSR count). The fourth-order valence-electron chi connectivity index (χ4n) is 4.38. The van der Waals surface area contributed by atoms with Gasteiger partial charge in [-0.2, -0.15) is 0 Å². The molecule has 1 aliphatic carbocycles. The Morgan fingerprint density at radius 2 is 1.83 bits per heavy atom. The summed E-state index contributed by atoms with van der Waals surface area (Å²) in [4.78, 5) is 34.4.